The summed E-state index contributed by atoms with van der Waals surface area (Å²) in [5.74, 6) is -0.106. The molecule has 1 aromatic carbocycles. The number of rotatable bonds is 3. The Morgan fingerprint density at radius 3 is 2.50 bits per heavy atom. The quantitative estimate of drug-likeness (QED) is 0.634. The summed E-state index contributed by atoms with van der Waals surface area (Å²) in [5.41, 5.74) is 4.02. The van der Waals surface area contributed by atoms with Crippen LogP contribution in [0.5, 0.6) is 0 Å². The predicted octanol–water partition coefficient (Wildman–Crippen LogP) is 4.62. The van der Waals surface area contributed by atoms with Crippen molar-refractivity contribution in [3.8, 4) is 22.4 Å². The highest BCUT2D eigenvalue weighted by atomic mass is 19.1. The van der Waals surface area contributed by atoms with Gasteiger partial charge in [-0.25, -0.2) is 9.18 Å². The van der Waals surface area contributed by atoms with Gasteiger partial charge in [-0.3, -0.25) is 9.67 Å². The number of halogens is 1. The molecule has 1 aliphatic rings. The molecular weight excluding hydrogens is 383 g/mol. The van der Waals surface area contributed by atoms with E-state index in [4.69, 9.17) is 4.74 Å². The first kappa shape index (κ1) is 20.1. The first-order valence-electron chi connectivity index (χ1n) is 9.93. The first-order chi connectivity index (χ1) is 14.2. The van der Waals surface area contributed by atoms with E-state index in [0.717, 1.165) is 28.1 Å². The van der Waals surface area contributed by atoms with Gasteiger partial charge in [0.05, 0.1) is 0 Å². The summed E-state index contributed by atoms with van der Waals surface area (Å²) in [4.78, 5) is 18.4. The zero-order valence-electron chi connectivity index (χ0n) is 17.6. The van der Waals surface area contributed by atoms with Gasteiger partial charge in [0.15, 0.2) is 0 Å². The van der Waals surface area contributed by atoms with Crippen LogP contribution in [0.25, 0.3) is 22.4 Å². The molecule has 3 heterocycles. The fourth-order valence-electron chi connectivity index (χ4n) is 3.50. The van der Waals surface area contributed by atoms with E-state index in [1.807, 2.05) is 46.1 Å². The number of hydrogen-bond acceptors (Lipinski definition) is 4. The summed E-state index contributed by atoms with van der Waals surface area (Å²) in [7, 11) is 1.86. The minimum absolute atomic E-state index is 0.170. The Morgan fingerprint density at radius 2 is 1.83 bits per heavy atom. The second-order valence-corrected chi connectivity index (χ2v) is 8.62. The fraction of sp³-hybridized carbons (Fsp3) is 0.348. The van der Waals surface area contributed by atoms with Gasteiger partial charge >= 0.3 is 6.09 Å². The zero-order chi connectivity index (χ0) is 21.5. The van der Waals surface area contributed by atoms with Gasteiger partial charge in [0.1, 0.15) is 17.1 Å². The van der Waals surface area contributed by atoms with E-state index in [9.17, 15) is 9.18 Å². The number of amides is 1. The molecule has 0 spiro atoms. The summed E-state index contributed by atoms with van der Waals surface area (Å²) >= 11 is 0. The molecule has 0 saturated carbocycles. The summed E-state index contributed by atoms with van der Waals surface area (Å²) in [6, 6.07) is 10.3. The van der Waals surface area contributed by atoms with Crippen molar-refractivity contribution in [2.45, 2.75) is 32.3 Å². The summed E-state index contributed by atoms with van der Waals surface area (Å²) < 4.78 is 20.5. The van der Waals surface area contributed by atoms with Crippen LogP contribution in [0.1, 0.15) is 32.4 Å². The van der Waals surface area contributed by atoms with Crippen molar-refractivity contribution >= 4 is 6.09 Å². The lowest BCUT2D eigenvalue weighted by Gasteiger charge is -2.39. The van der Waals surface area contributed by atoms with Crippen LogP contribution in [0.3, 0.4) is 0 Å². The predicted molar refractivity (Wildman–Crippen MR) is 112 cm³/mol. The van der Waals surface area contributed by atoms with Crippen LogP contribution in [0.4, 0.5) is 9.18 Å². The van der Waals surface area contributed by atoms with Crippen LogP contribution in [0.15, 0.2) is 48.8 Å². The molecule has 156 valence electrons. The Labute approximate surface area is 175 Å². The molecule has 4 rings (SSSR count). The van der Waals surface area contributed by atoms with Crippen molar-refractivity contribution in [3.63, 3.8) is 0 Å². The molecule has 0 atom stereocenters. The molecule has 1 saturated heterocycles. The van der Waals surface area contributed by atoms with Crippen molar-refractivity contribution in [1.82, 2.24) is 19.7 Å². The molecular formula is C23H25FN4O2. The average Bonchev–Trinajstić information content (AvgIpc) is 3.02. The fourth-order valence-corrected chi connectivity index (χ4v) is 3.50. The van der Waals surface area contributed by atoms with E-state index >= 15 is 0 Å². The van der Waals surface area contributed by atoms with Gasteiger partial charge in [-0.2, -0.15) is 5.10 Å². The molecule has 30 heavy (non-hydrogen) atoms. The maximum atomic E-state index is 13.3. The van der Waals surface area contributed by atoms with Crippen LogP contribution in [0, 0.1) is 5.82 Å². The highest BCUT2D eigenvalue weighted by molar-refractivity contribution is 5.80. The normalized spacial score (nSPS) is 14.5. The Bertz CT molecular complexity index is 1060. The van der Waals surface area contributed by atoms with Crippen LogP contribution in [-0.4, -0.2) is 44.4 Å². The molecule has 3 aromatic rings. The average molecular weight is 408 g/mol. The van der Waals surface area contributed by atoms with Crippen molar-refractivity contribution in [2.75, 3.05) is 13.1 Å². The minimum atomic E-state index is -0.503. The standard InChI is InChI=1S/C23H25FN4O2/c1-23(2,3)30-22(29)28-12-17(13-28)20-11-16(9-10-25-20)19-14-27(4)26-21(19)15-5-7-18(24)8-6-15/h5-11,14,17H,12-13H2,1-4H3. The van der Waals surface area contributed by atoms with Gasteiger partial charge < -0.3 is 9.64 Å². The lowest BCUT2D eigenvalue weighted by molar-refractivity contribution is 0.00788. The van der Waals surface area contributed by atoms with Gasteiger partial charge in [0.2, 0.25) is 0 Å². The second kappa shape index (κ2) is 7.55. The van der Waals surface area contributed by atoms with Gasteiger partial charge in [-0.1, -0.05) is 0 Å². The third-order valence-electron chi connectivity index (χ3n) is 4.99. The molecule has 0 N–H and O–H groups in total. The highest BCUT2D eigenvalue weighted by Crippen LogP contribution is 2.34. The van der Waals surface area contributed by atoms with E-state index in [1.54, 1.807) is 27.9 Å². The van der Waals surface area contributed by atoms with Crippen LogP contribution in [0.2, 0.25) is 0 Å². The number of aromatic nitrogens is 3. The van der Waals surface area contributed by atoms with E-state index < -0.39 is 5.60 Å². The molecule has 7 heteroatoms. The maximum Gasteiger partial charge on any atom is 0.410 e. The highest BCUT2D eigenvalue weighted by Gasteiger charge is 2.35. The monoisotopic (exact) mass is 408 g/mol. The summed E-state index contributed by atoms with van der Waals surface area (Å²) in [6.45, 7) is 6.76. The van der Waals surface area contributed by atoms with E-state index in [2.05, 4.69) is 10.1 Å². The number of benzene rings is 1. The minimum Gasteiger partial charge on any atom is -0.444 e. The molecule has 0 aliphatic carbocycles. The Balaban J connectivity index is 1.54. The lowest BCUT2D eigenvalue weighted by Crippen LogP contribution is -2.50. The molecule has 0 unspecified atom stereocenters. The molecule has 0 radical (unpaired) electrons. The van der Waals surface area contributed by atoms with Crippen LogP contribution in [-0.2, 0) is 11.8 Å². The number of aryl methyl sites for hydroxylation is 1. The first-order valence-corrected chi connectivity index (χ1v) is 9.93. The van der Waals surface area contributed by atoms with Gasteiger partial charge in [0, 0.05) is 55.3 Å². The van der Waals surface area contributed by atoms with Crippen molar-refractivity contribution in [1.29, 1.82) is 0 Å². The number of pyridine rings is 1. The second-order valence-electron chi connectivity index (χ2n) is 8.62. The number of likely N-dealkylation sites (tertiary alicyclic amines) is 1. The third-order valence-corrected chi connectivity index (χ3v) is 4.99. The zero-order valence-corrected chi connectivity index (χ0v) is 17.6. The Kier molecular flexibility index (Phi) is 5.05. The summed E-state index contributed by atoms with van der Waals surface area (Å²) in [5, 5.41) is 4.57. The molecule has 1 fully saturated rings. The van der Waals surface area contributed by atoms with Crippen LogP contribution < -0.4 is 0 Å². The van der Waals surface area contributed by atoms with Gasteiger partial charge in [0.25, 0.3) is 0 Å². The van der Waals surface area contributed by atoms with Gasteiger partial charge in [-0.15, -0.1) is 0 Å². The van der Waals surface area contributed by atoms with Crippen molar-refractivity contribution in [2.24, 2.45) is 7.05 Å². The topological polar surface area (TPSA) is 60.2 Å². The number of carbonyl (C=O) groups excluding carboxylic acids is 1. The van der Waals surface area contributed by atoms with Crippen molar-refractivity contribution < 1.29 is 13.9 Å². The summed E-state index contributed by atoms with van der Waals surface area (Å²) in [6.07, 6.45) is 3.44. The van der Waals surface area contributed by atoms with Gasteiger partial charge in [-0.05, 0) is 62.7 Å². The molecule has 1 aliphatic heterocycles. The third kappa shape index (κ3) is 4.20. The molecule has 0 bridgehead atoms. The van der Waals surface area contributed by atoms with E-state index in [-0.39, 0.29) is 17.8 Å². The largest absolute Gasteiger partial charge is 0.444 e. The van der Waals surface area contributed by atoms with Crippen molar-refractivity contribution in [3.05, 3.63) is 60.3 Å². The Hall–Kier alpha value is -3.22. The van der Waals surface area contributed by atoms with E-state index in [1.165, 1.54) is 12.1 Å². The van der Waals surface area contributed by atoms with Crippen LogP contribution >= 0.6 is 0 Å². The van der Waals surface area contributed by atoms with E-state index in [0.29, 0.717) is 13.1 Å². The smallest absolute Gasteiger partial charge is 0.410 e. The Morgan fingerprint density at radius 1 is 1.13 bits per heavy atom. The molecule has 6 nitrogen and oxygen atoms in total. The molecule has 2 aromatic heterocycles. The molecule has 1 amide bonds. The SMILES string of the molecule is Cn1cc(-c2ccnc(C3CN(C(=O)OC(C)(C)C)C3)c2)c(-c2ccc(F)cc2)n1. The number of nitrogens with zero attached hydrogens (tertiary/aromatic N) is 4. The number of carbonyl (C=O) groups is 1. The number of hydrogen-bond donors (Lipinski definition) is 0. The maximum absolute atomic E-state index is 13.3. The number of ether oxygens (including phenoxy) is 1. The lowest BCUT2D eigenvalue weighted by atomic mass is 9.93.